The van der Waals surface area contributed by atoms with E-state index in [1.807, 2.05) is 37.7 Å². The molecule has 1 aromatic rings. The van der Waals surface area contributed by atoms with Crippen LogP contribution in [0.3, 0.4) is 0 Å². The number of hydrogen-bond acceptors (Lipinski definition) is 4. The highest BCUT2D eigenvalue weighted by molar-refractivity contribution is 14.0. The van der Waals surface area contributed by atoms with Crippen LogP contribution >= 0.6 is 35.7 Å². The SMILES string of the molecule is CCNC(=NCC1CCCS1)NCCC(=O)Nc1ccc(C)cn1.I. The fourth-order valence-electron chi connectivity index (χ4n) is 2.36. The highest BCUT2D eigenvalue weighted by Crippen LogP contribution is 2.25. The van der Waals surface area contributed by atoms with E-state index in [9.17, 15) is 4.79 Å². The number of pyridine rings is 1. The summed E-state index contributed by atoms with van der Waals surface area (Å²) in [6.07, 6.45) is 4.66. The molecule has 1 amide bonds. The maximum absolute atomic E-state index is 11.9. The summed E-state index contributed by atoms with van der Waals surface area (Å²) in [7, 11) is 0. The van der Waals surface area contributed by atoms with Crippen molar-refractivity contribution in [3.05, 3.63) is 23.9 Å². The summed E-state index contributed by atoms with van der Waals surface area (Å²) in [5, 5.41) is 9.87. The lowest BCUT2D eigenvalue weighted by Gasteiger charge is -2.12. The van der Waals surface area contributed by atoms with Crippen molar-refractivity contribution in [1.29, 1.82) is 0 Å². The average molecular weight is 477 g/mol. The van der Waals surface area contributed by atoms with Crippen molar-refractivity contribution in [2.24, 2.45) is 4.99 Å². The summed E-state index contributed by atoms with van der Waals surface area (Å²) >= 11 is 2.00. The van der Waals surface area contributed by atoms with Crippen LogP contribution in [0.4, 0.5) is 5.82 Å². The lowest BCUT2D eigenvalue weighted by atomic mass is 10.2. The van der Waals surface area contributed by atoms with E-state index in [0.717, 1.165) is 24.6 Å². The number of halogens is 1. The van der Waals surface area contributed by atoms with Crippen LogP contribution in [0.5, 0.6) is 0 Å². The molecule has 1 saturated heterocycles. The third kappa shape index (κ3) is 8.75. The van der Waals surface area contributed by atoms with Crippen LogP contribution in [0.25, 0.3) is 0 Å². The molecule has 1 fully saturated rings. The van der Waals surface area contributed by atoms with E-state index in [2.05, 4.69) is 25.9 Å². The Morgan fingerprint density at radius 2 is 2.24 bits per heavy atom. The lowest BCUT2D eigenvalue weighted by Crippen LogP contribution is -2.39. The maximum atomic E-state index is 11.9. The van der Waals surface area contributed by atoms with Crippen LogP contribution in [0, 0.1) is 6.92 Å². The minimum absolute atomic E-state index is 0. The number of carbonyl (C=O) groups excluding carboxylic acids is 1. The summed E-state index contributed by atoms with van der Waals surface area (Å²) in [5.41, 5.74) is 1.07. The molecule has 6 nitrogen and oxygen atoms in total. The first-order valence-corrected chi connectivity index (χ1v) is 9.58. The number of amides is 1. The topological polar surface area (TPSA) is 78.4 Å². The summed E-state index contributed by atoms with van der Waals surface area (Å²) in [4.78, 5) is 20.7. The first-order chi connectivity index (χ1) is 11.7. The Hall–Kier alpha value is -1.03. The van der Waals surface area contributed by atoms with Crippen LogP contribution in [-0.2, 0) is 4.79 Å². The zero-order chi connectivity index (χ0) is 17.2. The van der Waals surface area contributed by atoms with Gasteiger partial charge in [-0.05, 0) is 44.1 Å². The average Bonchev–Trinajstić information content (AvgIpc) is 3.08. The lowest BCUT2D eigenvalue weighted by molar-refractivity contribution is -0.116. The molecule has 140 valence electrons. The molecule has 0 bridgehead atoms. The molecular formula is C17H28IN5OS. The number of hydrogen-bond donors (Lipinski definition) is 3. The Morgan fingerprint density at radius 3 is 2.88 bits per heavy atom. The van der Waals surface area contributed by atoms with Crippen LogP contribution < -0.4 is 16.0 Å². The number of anilines is 1. The van der Waals surface area contributed by atoms with Crippen LogP contribution in [0.1, 0.15) is 31.7 Å². The molecule has 1 aliphatic rings. The van der Waals surface area contributed by atoms with Gasteiger partial charge in [0.2, 0.25) is 5.91 Å². The first-order valence-electron chi connectivity index (χ1n) is 8.53. The molecule has 1 aromatic heterocycles. The molecule has 0 aromatic carbocycles. The Kier molecular flexibility index (Phi) is 10.9. The zero-order valence-corrected chi connectivity index (χ0v) is 18.0. The van der Waals surface area contributed by atoms with Crippen molar-refractivity contribution in [2.75, 3.05) is 30.7 Å². The van der Waals surface area contributed by atoms with E-state index in [1.165, 1.54) is 18.6 Å². The molecule has 1 aliphatic heterocycles. The normalized spacial score (nSPS) is 16.9. The standard InChI is InChI=1S/C17H27N5OS.HI/c1-3-18-17(21-12-14-5-4-10-24-14)19-9-8-16(23)22-15-7-6-13(2)11-20-15;/h6-7,11,14H,3-5,8-10,12H2,1-2H3,(H2,18,19,21)(H,20,22,23);1H. The molecule has 0 spiro atoms. The van der Waals surface area contributed by atoms with E-state index in [0.29, 0.717) is 24.0 Å². The molecule has 0 aliphatic carbocycles. The second kappa shape index (κ2) is 12.3. The van der Waals surface area contributed by atoms with Gasteiger partial charge >= 0.3 is 0 Å². The Balaban J connectivity index is 0.00000312. The van der Waals surface area contributed by atoms with E-state index >= 15 is 0 Å². The maximum Gasteiger partial charge on any atom is 0.227 e. The van der Waals surface area contributed by atoms with Gasteiger partial charge in [0.15, 0.2) is 5.96 Å². The van der Waals surface area contributed by atoms with Gasteiger partial charge in [-0.1, -0.05) is 6.07 Å². The minimum atomic E-state index is -0.0546. The van der Waals surface area contributed by atoms with Gasteiger partial charge in [0.25, 0.3) is 0 Å². The quantitative estimate of drug-likeness (QED) is 0.320. The van der Waals surface area contributed by atoms with E-state index in [-0.39, 0.29) is 29.9 Å². The van der Waals surface area contributed by atoms with Crippen molar-refractivity contribution in [3.8, 4) is 0 Å². The molecule has 2 heterocycles. The van der Waals surface area contributed by atoms with Gasteiger partial charge in [0.05, 0.1) is 6.54 Å². The summed E-state index contributed by atoms with van der Waals surface area (Å²) in [5.74, 6) is 2.56. The number of aliphatic imine (C=N–C) groups is 1. The van der Waals surface area contributed by atoms with Gasteiger partial charge < -0.3 is 16.0 Å². The van der Waals surface area contributed by atoms with Gasteiger partial charge in [-0.3, -0.25) is 9.79 Å². The third-order valence-electron chi connectivity index (χ3n) is 3.64. The molecular weight excluding hydrogens is 449 g/mol. The number of nitrogens with one attached hydrogen (secondary N) is 3. The van der Waals surface area contributed by atoms with Crippen molar-refractivity contribution >= 4 is 53.4 Å². The van der Waals surface area contributed by atoms with Crippen molar-refractivity contribution in [2.45, 2.75) is 38.4 Å². The van der Waals surface area contributed by atoms with Crippen LogP contribution in [0.2, 0.25) is 0 Å². The number of aryl methyl sites for hydroxylation is 1. The molecule has 8 heteroatoms. The fourth-order valence-corrected chi connectivity index (χ4v) is 3.54. The smallest absolute Gasteiger partial charge is 0.227 e. The summed E-state index contributed by atoms with van der Waals surface area (Å²) in [6.45, 7) is 6.19. The van der Waals surface area contributed by atoms with Crippen molar-refractivity contribution < 1.29 is 4.79 Å². The number of carbonyl (C=O) groups is 1. The monoisotopic (exact) mass is 477 g/mol. The molecule has 1 unspecified atom stereocenters. The minimum Gasteiger partial charge on any atom is -0.357 e. The second-order valence-electron chi connectivity index (χ2n) is 5.80. The highest BCUT2D eigenvalue weighted by Gasteiger charge is 2.15. The van der Waals surface area contributed by atoms with E-state index in [1.54, 1.807) is 6.20 Å². The number of thioether (sulfide) groups is 1. The van der Waals surface area contributed by atoms with Gasteiger partial charge in [-0.25, -0.2) is 4.98 Å². The molecule has 1 atom stereocenters. The fraction of sp³-hybridized carbons (Fsp3) is 0.588. The van der Waals surface area contributed by atoms with E-state index in [4.69, 9.17) is 0 Å². The number of aromatic nitrogens is 1. The van der Waals surface area contributed by atoms with Gasteiger partial charge in [-0.2, -0.15) is 11.8 Å². The van der Waals surface area contributed by atoms with Crippen molar-refractivity contribution in [1.82, 2.24) is 15.6 Å². The highest BCUT2D eigenvalue weighted by atomic mass is 127. The zero-order valence-electron chi connectivity index (χ0n) is 14.9. The number of nitrogens with zero attached hydrogens (tertiary/aromatic N) is 2. The van der Waals surface area contributed by atoms with Gasteiger partial charge in [0.1, 0.15) is 5.82 Å². The Morgan fingerprint density at radius 1 is 1.40 bits per heavy atom. The van der Waals surface area contributed by atoms with E-state index < -0.39 is 0 Å². The summed E-state index contributed by atoms with van der Waals surface area (Å²) in [6, 6.07) is 3.74. The summed E-state index contributed by atoms with van der Waals surface area (Å²) < 4.78 is 0. The van der Waals surface area contributed by atoms with Crippen molar-refractivity contribution in [3.63, 3.8) is 0 Å². The number of rotatable bonds is 7. The van der Waals surface area contributed by atoms with Gasteiger partial charge in [-0.15, -0.1) is 24.0 Å². The van der Waals surface area contributed by atoms with Crippen LogP contribution in [0.15, 0.2) is 23.3 Å². The first kappa shape index (κ1) is 22.0. The predicted octanol–water partition coefficient (Wildman–Crippen LogP) is 2.79. The molecule has 0 saturated carbocycles. The largest absolute Gasteiger partial charge is 0.357 e. The van der Waals surface area contributed by atoms with Crippen LogP contribution in [-0.4, -0.2) is 47.5 Å². The number of guanidine groups is 1. The third-order valence-corrected chi connectivity index (χ3v) is 5.03. The Labute approximate surface area is 171 Å². The molecule has 0 radical (unpaired) electrons. The molecule has 3 N–H and O–H groups in total. The molecule has 2 rings (SSSR count). The van der Waals surface area contributed by atoms with Gasteiger partial charge in [0, 0.05) is 31.0 Å². The Bertz CT molecular complexity index is 546. The predicted molar refractivity (Wildman–Crippen MR) is 117 cm³/mol. The molecule has 25 heavy (non-hydrogen) atoms. The second-order valence-corrected chi connectivity index (χ2v) is 7.21.